The van der Waals surface area contributed by atoms with Gasteiger partial charge in [-0.25, -0.2) is 9.38 Å². The standard InChI is InChI=1S/C24H20F4N6O2/c1-33-10-12-6-19(24(26,27)28)29-7-14(12)16-9-31-23(34-11-32-20(21(16)34)22(33)35)30-8-15-13-4-5-36-18(13)3-2-17(15)25/h2-3,6-7,9,11,20-21H,4-5,8,10H2,1H3,(H,30,31). The van der Waals surface area contributed by atoms with Gasteiger partial charge in [-0.05, 0) is 23.8 Å². The minimum Gasteiger partial charge on any atom is -0.493 e. The highest BCUT2D eigenvalue weighted by Crippen LogP contribution is 2.38. The van der Waals surface area contributed by atoms with Gasteiger partial charge in [0.1, 0.15) is 17.3 Å². The molecule has 36 heavy (non-hydrogen) atoms. The third kappa shape index (κ3) is 3.50. The highest BCUT2D eigenvalue weighted by molar-refractivity contribution is 6.03. The summed E-state index contributed by atoms with van der Waals surface area (Å²) in [6, 6.07) is 2.49. The number of amides is 1. The predicted molar refractivity (Wildman–Crippen MR) is 121 cm³/mol. The summed E-state index contributed by atoms with van der Waals surface area (Å²) in [7, 11) is 1.53. The number of pyridine rings is 1. The Kier molecular flexibility index (Phi) is 5.02. The summed E-state index contributed by atoms with van der Waals surface area (Å²) in [5.74, 6) is 0.283. The third-order valence-electron chi connectivity index (χ3n) is 6.83. The number of nitrogens with one attached hydrogen (secondary N) is 1. The lowest BCUT2D eigenvalue weighted by Gasteiger charge is -2.37. The number of guanidine groups is 1. The molecule has 1 amide bonds. The first-order valence-electron chi connectivity index (χ1n) is 11.3. The number of aromatic nitrogens is 1. The van der Waals surface area contributed by atoms with Crippen LogP contribution in [-0.2, 0) is 30.5 Å². The van der Waals surface area contributed by atoms with Crippen LogP contribution in [0.25, 0.3) is 5.57 Å². The van der Waals surface area contributed by atoms with Gasteiger partial charge < -0.3 is 15.0 Å². The number of alkyl halides is 3. The summed E-state index contributed by atoms with van der Waals surface area (Å²) in [6.45, 7) is 0.498. The van der Waals surface area contributed by atoms with Gasteiger partial charge in [-0.1, -0.05) is 0 Å². The SMILES string of the molecule is CN1Cc2cc(C(F)(F)F)ncc2C2=CNC(=NCc3c(F)ccc4c3CCO4)N3C=NC(C1=O)C23. The van der Waals surface area contributed by atoms with Gasteiger partial charge in [0.2, 0.25) is 11.9 Å². The molecule has 12 heteroatoms. The van der Waals surface area contributed by atoms with E-state index in [0.29, 0.717) is 47.0 Å². The van der Waals surface area contributed by atoms with Gasteiger partial charge in [0, 0.05) is 54.7 Å². The zero-order chi connectivity index (χ0) is 25.2. The van der Waals surface area contributed by atoms with Crippen molar-refractivity contribution in [2.45, 2.75) is 37.8 Å². The van der Waals surface area contributed by atoms with Crippen LogP contribution < -0.4 is 10.1 Å². The molecule has 0 aliphatic carbocycles. The van der Waals surface area contributed by atoms with Crippen molar-refractivity contribution >= 4 is 23.8 Å². The van der Waals surface area contributed by atoms with Gasteiger partial charge in [-0.3, -0.25) is 19.7 Å². The summed E-state index contributed by atoms with van der Waals surface area (Å²) < 4.78 is 60.1. The molecular formula is C24H20F4N6O2. The monoisotopic (exact) mass is 500 g/mol. The fourth-order valence-electron chi connectivity index (χ4n) is 5.06. The maximum absolute atomic E-state index is 14.6. The zero-order valence-electron chi connectivity index (χ0n) is 19.0. The van der Waals surface area contributed by atoms with E-state index in [4.69, 9.17) is 4.74 Å². The first-order valence-corrected chi connectivity index (χ1v) is 11.3. The van der Waals surface area contributed by atoms with Crippen molar-refractivity contribution in [2.75, 3.05) is 13.7 Å². The minimum atomic E-state index is -4.61. The Balaban J connectivity index is 1.40. The smallest absolute Gasteiger partial charge is 0.433 e. The van der Waals surface area contributed by atoms with Crippen LogP contribution in [0.5, 0.6) is 5.75 Å². The Labute approximate surface area is 203 Å². The van der Waals surface area contributed by atoms with E-state index < -0.39 is 24.0 Å². The Morgan fingerprint density at radius 3 is 2.94 bits per heavy atom. The topological polar surface area (TPSA) is 82.4 Å². The van der Waals surface area contributed by atoms with Crippen molar-refractivity contribution in [3.63, 3.8) is 0 Å². The second kappa shape index (κ2) is 8.04. The molecule has 1 N–H and O–H groups in total. The second-order valence-corrected chi connectivity index (χ2v) is 8.97. The number of halogens is 4. The normalized spacial score (nSPS) is 23.4. The highest BCUT2D eigenvalue weighted by atomic mass is 19.4. The van der Waals surface area contributed by atoms with Crippen LogP contribution in [-0.4, -0.2) is 58.7 Å². The first kappa shape index (κ1) is 22.5. The number of likely N-dealkylation sites (N-methyl/N-ethyl adjacent to an activating group) is 1. The van der Waals surface area contributed by atoms with E-state index in [9.17, 15) is 22.4 Å². The summed E-state index contributed by atoms with van der Waals surface area (Å²) in [5, 5.41) is 3.06. The van der Waals surface area contributed by atoms with E-state index in [0.717, 1.165) is 11.6 Å². The molecule has 0 saturated heterocycles. The molecule has 0 fully saturated rings. The number of ether oxygens (including phenoxy) is 1. The van der Waals surface area contributed by atoms with Crippen LogP contribution in [0.1, 0.15) is 27.9 Å². The van der Waals surface area contributed by atoms with Crippen molar-refractivity contribution in [3.8, 4) is 5.75 Å². The van der Waals surface area contributed by atoms with Crippen LogP contribution in [0.3, 0.4) is 0 Å². The molecule has 0 saturated carbocycles. The molecule has 8 nitrogen and oxygen atoms in total. The fourth-order valence-corrected chi connectivity index (χ4v) is 5.06. The van der Waals surface area contributed by atoms with Crippen molar-refractivity contribution < 1.29 is 27.1 Å². The summed E-state index contributed by atoms with van der Waals surface area (Å²) >= 11 is 0. The second-order valence-electron chi connectivity index (χ2n) is 8.97. The number of fused-ring (bicyclic) bond motifs is 3. The lowest BCUT2D eigenvalue weighted by molar-refractivity contribution is -0.141. The third-order valence-corrected chi connectivity index (χ3v) is 6.83. The average molecular weight is 500 g/mol. The summed E-state index contributed by atoms with van der Waals surface area (Å²) in [5.41, 5.74) is 1.59. The number of carbonyl (C=O) groups excluding carboxylic acids is 1. The average Bonchev–Trinajstić information content (AvgIpc) is 3.49. The zero-order valence-corrected chi connectivity index (χ0v) is 19.0. The summed E-state index contributed by atoms with van der Waals surface area (Å²) in [4.78, 5) is 28.8. The van der Waals surface area contributed by atoms with E-state index in [-0.39, 0.29) is 24.8 Å². The highest BCUT2D eigenvalue weighted by Gasteiger charge is 2.46. The van der Waals surface area contributed by atoms with Gasteiger partial charge in [-0.2, -0.15) is 13.2 Å². The van der Waals surface area contributed by atoms with Crippen LogP contribution in [0.15, 0.2) is 40.6 Å². The number of benzene rings is 1. The molecule has 6 rings (SSSR count). The molecule has 2 aromatic rings. The molecule has 0 bridgehead atoms. The Morgan fingerprint density at radius 2 is 2.14 bits per heavy atom. The van der Waals surface area contributed by atoms with Gasteiger partial charge in [0.15, 0.2) is 6.04 Å². The maximum Gasteiger partial charge on any atom is 0.433 e. The van der Waals surface area contributed by atoms with E-state index in [1.165, 1.54) is 30.5 Å². The van der Waals surface area contributed by atoms with E-state index in [1.807, 2.05) is 0 Å². The largest absolute Gasteiger partial charge is 0.493 e. The van der Waals surface area contributed by atoms with Crippen LogP contribution in [0.4, 0.5) is 17.6 Å². The van der Waals surface area contributed by atoms with Crippen LogP contribution in [0, 0.1) is 5.82 Å². The van der Waals surface area contributed by atoms with Crippen LogP contribution in [0.2, 0.25) is 0 Å². The molecule has 0 spiro atoms. The van der Waals surface area contributed by atoms with E-state index >= 15 is 0 Å². The molecule has 1 aromatic carbocycles. The summed E-state index contributed by atoms with van der Waals surface area (Å²) in [6.07, 6.45) is 0.265. The number of carbonyl (C=O) groups is 1. The van der Waals surface area contributed by atoms with Gasteiger partial charge in [0.05, 0.1) is 25.5 Å². The quantitative estimate of drug-likeness (QED) is 0.642. The van der Waals surface area contributed by atoms with Crippen LogP contribution >= 0.6 is 0 Å². The molecule has 186 valence electrons. The van der Waals surface area contributed by atoms with Gasteiger partial charge in [-0.15, -0.1) is 0 Å². The number of hydrogen-bond acceptors (Lipinski definition) is 5. The van der Waals surface area contributed by atoms with Gasteiger partial charge >= 0.3 is 6.18 Å². The molecule has 4 aliphatic rings. The molecule has 4 aliphatic heterocycles. The van der Waals surface area contributed by atoms with E-state index in [2.05, 4.69) is 20.3 Å². The fraction of sp³-hybridized carbons (Fsp3) is 0.333. The molecule has 2 unspecified atom stereocenters. The number of rotatable bonds is 2. The predicted octanol–water partition coefficient (Wildman–Crippen LogP) is 2.73. The Hall–Kier alpha value is -3.96. The lowest BCUT2D eigenvalue weighted by atomic mass is 9.88. The molecule has 0 radical (unpaired) electrons. The number of aliphatic imine (C=N–C) groups is 2. The molecular weight excluding hydrogens is 480 g/mol. The van der Waals surface area contributed by atoms with Crippen molar-refractivity contribution in [3.05, 3.63) is 64.4 Å². The Bertz CT molecular complexity index is 1370. The molecule has 5 heterocycles. The first-order chi connectivity index (χ1) is 17.2. The van der Waals surface area contributed by atoms with Crippen molar-refractivity contribution in [1.29, 1.82) is 0 Å². The lowest BCUT2D eigenvalue weighted by Crippen LogP contribution is -2.54. The number of hydrogen-bond donors (Lipinski definition) is 1. The van der Waals surface area contributed by atoms with Crippen molar-refractivity contribution in [1.82, 2.24) is 20.1 Å². The van der Waals surface area contributed by atoms with Gasteiger partial charge in [0.25, 0.3) is 0 Å². The number of nitrogens with zero attached hydrogens (tertiary/aromatic N) is 5. The minimum absolute atomic E-state index is 0.0166. The van der Waals surface area contributed by atoms with E-state index in [1.54, 1.807) is 17.2 Å². The molecule has 1 aromatic heterocycles. The Morgan fingerprint density at radius 1 is 1.31 bits per heavy atom. The maximum atomic E-state index is 14.6. The van der Waals surface area contributed by atoms with Crippen molar-refractivity contribution in [2.24, 2.45) is 9.98 Å². The molecule has 2 atom stereocenters.